The van der Waals surface area contributed by atoms with Crippen LogP contribution in [0, 0.1) is 17.2 Å². The van der Waals surface area contributed by atoms with E-state index in [0.29, 0.717) is 11.7 Å². The molecule has 0 aromatic carbocycles. The molecular formula is C13H17N3. The van der Waals surface area contributed by atoms with Gasteiger partial charge in [0.15, 0.2) is 0 Å². The van der Waals surface area contributed by atoms with Crippen molar-refractivity contribution >= 4 is 0 Å². The van der Waals surface area contributed by atoms with Crippen LogP contribution < -0.4 is 5.32 Å². The van der Waals surface area contributed by atoms with Crippen molar-refractivity contribution in [3.05, 3.63) is 29.6 Å². The second kappa shape index (κ2) is 5.09. The van der Waals surface area contributed by atoms with Gasteiger partial charge in [-0.05, 0) is 42.9 Å². The van der Waals surface area contributed by atoms with Gasteiger partial charge in [-0.25, -0.2) is 4.98 Å². The van der Waals surface area contributed by atoms with Crippen molar-refractivity contribution in [1.29, 1.82) is 5.26 Å². The highest BCUT2D eigenvalue weighted by Crippen LogP contribution is 2.24. The highest BCUT2D eigenvalue weighted by Gasteiger charge is 2.20. The largest absolute Gasteiger partial charge is 0.310 e. The fourth-order valence-corrected chi connectivity index (χ4v) is 2.30. The van der Waals surface area contributed by atoms with E-state index in [9.17, 15) is 0 Å². The van der Waals surface area contributed by atoms with E-state index in [4.69, 9.17) is 5.26 Å². The lowest BCUT2D eigenvalue weighted by Crippen LogP contribution is -2.25. The van der Waals surface area contributed by atoms with Crippen molar-refractivity contribution in [1.82, 2.24) is 10.3 Å². The van der Waals surface area contributed by atoms with Crippen LogP contribution in [-0.2, 0) is 6.54 Å². The SMILES string of the molecule is CC1CCC(NCc2ccnc(C#N)c2)C1. The Morgan fingerprint density at radius 1 is 1.56 bits per heavy atom. The number of hydrogen-bond donors (Lipinski definition) is 1. The van der Waals surface area contributed by atoms with E-state index in [1.54, 1.807) is 6.20 Å². The molecule has 3 nitrogen and oxygen atoms in total. The first kappa shape index (κ1) is 11.1. The minimum absolute atomic E-state index is 0.499. The molecule has 0 aliphatic heterocycles. The minimum Gasteiger partial charge on any atom is -0.310 e. The lowest BCUT2D eigenvalue weighted by Gasteiger charge is -2.12. The predicted octanol–water partition coefficient (Wildman–Crippen LogP) is 2.23. The summed E-state index contributed by atoms with van der Waals surface area (Å²) >= 11 is 0. The average molecular weight is 215 g/mol. The quantitative estimate of drug-likeness (QED) is 0.841. The number of rotatable bonds is 3. The Hall–Kier alpha value is -1.40. The third-order valence-electron chi connectivity index (χ3n) is 3.23. The van der Waals surface area contributed by atoms with Gasteiger partial charge in [-0.15, -0.1) is 0 Å². The normalized spacial score (nSPS) is 24.2. The topological polar surface area (TPSA) is 48.7 Å². The van der Waals surface area contributed by atoms with E-state index in [2.05, 4.69) is 23.3 Å². The van der Waals surface area contributed by atoms with E-state index in [-0.39, 0.29) is 0 Å². The maximum Gasteiger partial charge on any atom is 0.140 e. The highest BCUT2D eigenvalue weighted by atomic mass is 14.9. The van der Waals surface area contributed by atoms with Gasteiger partial charge in [-0.2, -0.15) is 5.26 Å². The summed E-state index contributed by atoms with van der Waals surface area (Å²) in [6, 6.07) is 6.53. The van der Waals surface area contributed by atoms with Gasteiger partial charge in [0.2, 0.25) is 0 Å². The molecule has 1 aliphatic rings. The number of nitrogens with one attached hydrogen (secondary N) is 1. The van der Waals surface area contributed by atoms with Gasteiger partial charge in [0.25, 0.3) is 0 Å². The van der Waals surface area contributed by atoms with Crippen molar-refractivity contribution in [2.45, 2.75) is 38.8 Å². The zero-order valence-corrected chi connectivity index (χ0v) is 9.61. The predicted molar refractivity (Wildman–Crippen MR) is 62.6 cm³/mol. The molecule has 0 radical (unpaired) electrons. The van der Waals surface area contributed by atoms with E-state index >= 15 is 0 Å². The van der Waals surface area contributed by atoms with Gasteiger partial charge in [-0.1, -0.05) is 6.92 Å². The van der Waals surface area contributed by atoms with Crippen LogP contribution in [0.2, 0.25) is 0 Å². The van der Waals surface area contributed by atoms with Gasteiger partial charge in [0.05, 0.1) is 0 Å². The third kappa shape index (κ3) is 2.80. The Morgan fingerprint density at radius 2 is 2.44 bits per heavy atom. The van der Waals surface area contributed by atoms with Crippen LogP contribution in [0.5, 0.6) is 0 Å². The average Bonchev–Trinajstić information content (AvgIpc) is 2.73. The summed E-state index contributed by atoms with van der Waals surface area (Å²) in [5, 5.41) is 12.3. The van der Waals surface area contributed by atoms with Crippen LogP contribution in [0.25, 0.3) is 0 Å². The van der Waals surface area contributed by atoms with Crippen LogP contribution >= 0.6 is 0 Å². The first-order valence-electron chi connectivity index (χ1n) is 5.86. The molecular weight excluding hydrogens is 198 g/mol. The van der Waals surface area contributed by atoms with Crippen molar-refractivity contribution in [3.8, 4) is 6.07 Å². The molecule has 1 aliphatic carbocycles. The van der Waals surface area contributed by atoms with Crippen molar-refractivity contribution in [3.63, 3.8) is 0 Å². The van der Waals surface area contributed by atoms with Crippen LogP contribution in [0.1, 0.15) is 37.4 Å². The summed E-state index contributed by atoms with van der Waals surface area (Å²) in [5.41, 5.74) is 1.64. The third-order valence-corrected chi connectivity index (χ3v) is 3.23. The Morgan fingerprint density at radius 3 is 3.12 bits per heavy atom. The summed E-state index contributed by atoms with van der Waals surface area (Å²) in [6.45, 7) is 3.15. The molecule has 16 heavy (non-hydrogen) atoms. The summed E-state index contributed by atoms with van der Waals surface area (Å²) in [5.74, 6) is 0.851. The first-order chi connectivity index (χ1) is 7.78. The molecule has 84 valence electrons. The fourth-order valence-electron chi connectivity index (χ4n) is 2.30. The summed E-state index contributed by atoms with van der Waals surface area (Å²) in [4.78, 5) is 3.96. The number of pyridine rings is 1. The first-order valence-corrected chi connectivity index (χ1v) is 5.86. The molecule has 2 atom stereocenters. The van der Waals surface area contributed by atoms with Gasteiger partial charge in [-0.3, -0.25) is 0 Å². The maximum absolute atomic E-state index is 8.74. The molecule has 2 rings (SSSR count). The molecule has 0 bridgehead atoms. The molecule has 1 aromatic heterocycles. The number of nitrogens with zero attached hydrogens (tertiary/aromatic N) is 2. The molecule has 0 spiro atoms. The maximum atomic E-state index is 8.74. The van der Waals surface area contributed by atoms with Crippen LogP contribution in [0.15, 0.2) is 18.3 Å². The fraction of sp³-hybridized carbons (Fsp3) is 0.538. The number of hydrogen-bond acceptors (Lipinski definition) is 3. The van der Waals surface area contributed by atoms with Gasteiger partial charge in [0, 0.05) is 18.8 Å². The summed E-state index contributed by atoms with van der Waals surface area (Å²) < 4.78 is 0. The van der Waals surface area contributed by atoms with E-state index in [0.717, 1.165) is 18.0 Å². The van der Waals surface area contributed by atoms with Crippen LogP contribution in [0.4, 0.5) is 0 Å². The zero-order chi connectivity index (χ0) is 11.4. The van der Waals surface area contributed by atoms with Gasteiger partial charge in [0.1, 0.15) is 11.8 Å². The Labute approximate surface area is 96.5 Å². The number of aromatic nitrogens is 1. The van der Waals surface area contributed by atoms with E-state index in [1.807, 2.05) is 12.1 Å². The van der Waals surface area contributed by atoms with Crippen molar-refractivity contribution in [2.24, 2.45) is 5.92 Å². The Kier molecular flexibility index (Phi) is 3.53. The second-order valence-corrected chi connectivity index (χ2v) is 4.66. The minimum atomic E-state index is 0.499. The molecule has 1 saturated carbocycles. The monoisotopic (exact) mass is 215 g/mol. The molecule has 0 amide bonds. The lowest BCUT2D eigenvalue weighted by atomic mass is 10.1. The highest BCUT2D eigenvalue weighted by molar-refractivity contribution is 5.25. The molecule has 1 aromatic rings. The molecule has 1 fully saturated rings. The smallest absolute Gasteiger partial charge is 0.140 e. The molecule has 3 heteroatoms. The number of nitriles is 1. The van der Waals surface area contributed by atoms with Crippen molar-refractivity contribution in [2.75, 3.05) is 0 Å². The molecule has 2 unspecified atom stereocenters. The Balaban J connectivity index is 1.87. The van der Waals surface area contributed by atoms with Crippen LogP contribution in [0.3, 0.4) is 0 Å². The van der Waals surface area contributed by atoms with Crippen molar-refractivity contribution < 1.29 is 0 Å². The molecule has 1 N–H and O–H groups in total. The summed E-state index contributed by atoms with van der Waals surface area (Å²) in [7, 11) is 0. The molecule has 1 heterocycles. The van der Waals surface area contributed by atoms with E-state index in [1.165, 1.54) is 19.3 Å². The second-order valence-electron chi connectivity index (χ2n) is 4.66. The van der Waals surface area contributed by atoms with Crippen LogP contribution in [-0.4, -0.2) is 11.0 Å². The Bertz CT molecular complexity index is 394. The molecule has 0 saturated heterocycles. The standard InChI is InChI=1S/C13H17N3/c1-10-2-3-12(6-10)16-9-11-4-5-15-13(7-11)8-14/h4-5,7,10,12,16H,2-3,6,9H2,1H3. The van der Waals surface area contributed by atoms with Gasteiger partial charge < -0.3 is 5.32 Å². The zero-order valence-electron chi connectivity index (χ0n) is 9.61. The van der Waals surface area contributed by atoms with Gasteiger partial charge >= 0.3 is 0 Å². The van der Waals surface area contributed by atoms with E-state index < -0.39 is 0 Å². The summed E-state index contributed by atoms with van der Waals surface area (Å²) in [6.07, 6.45) is 5.58. The lowest BCUT2D eigenvalue weighted by molar-refractivity contribution is 0.502.